The Hall–Kier alpha value is -6.89. The lowest BCUT2D eigenvalue weighted by atomic mass is 9.69. The first-order chi connectivity index (χ1) is 32.6. The molecule has 0 saturated carbocycles. The fourth-order valence-corrected chi connectivity index (χ4v) is 8.37. The summed E-state index contributed by atoms with van der Waals surface area (Å²) in [6.07, 6.45) is 2.61. The molecular formula is C53H67N5O10. The van der Waals surface area contributed by atoms with Gasteiger partial charge < -0.3 is 38.6 Å². The number of carbonyl (C=O) groups is 2. The van der Waals surface area contributed by atoms with Gasteiger partial charge >= 0.3 is 11.9 Å². The van der Waals surface area contributed by atoms with E-state index in [1.54, 1.807) is 48.4 Å². The van der Waals surface area contributed by atoms with Gasteiger partial charge in [0.25, 0.3) is 5.69 Å². The molecule has 68 heavy (non-hydrogen) atoms. The summed E-state index contributed by atoms with van der Waals surface area (Å²) in [6, 6.07) is 30.3. The SMILES string of the molecule is COC(=O)C1=C(C)NC(C)=C(C(=O)OCCN(C)Cc2ccccc2)C1c1cccc([N+](=O)[O-])c1.COc1ccc(CCN(C)CCCC(C#N)(c2ccc(OC)c(OC)c2)C(C)C)cc1OC. The fraction of sp³-hybridized carbons (Fsp3) is 0.415. The van der Waals surface area contributed by atoms with Crippen LogP contribution in [0.5, 0.6) is 23.0 Å². The van der Waals surface area contributed by atoms with E-state index in [1.807, 2.05) is 72.6 Å². The zero-order valence-corrected chi connectivity index (χ0v) is 41.3. The van der Waals surface area contributed by atoms with Crippen molar-refractivity contribution in [3.63, 3.8) is 0 Å². The molecule has 4 aromatic rings. The third-order valence-corrected chi connectivity index (χ3v) is 12.2. The predicted octanol–water partition coefficient (Wildman–Crippen LogP) is 8.77. The van der Waals surface area contributed by atoms with E-state index in [4.69, 9.17) is 28.4 Å². The van der Waals surface area contributed by atoms with Crippen molar-refractivity contribution in [2.45, 2.75) is 64.8 Å². The number of dihydropyridines is 1. The Labute approximate surface area is 401 Å². The van der Waals surface area contributed by atoms with Gasteiger partial charge in [0.05, 0.1) is 69.0 Å². The van der Waals surface area contributed by atoms with Crippen LogP contribution in [0.15, 0.2) is 114 Å². The molecule has 0 fully saturated rings. The summed E-state index contributed by atoms with van der Waals surface area (Å²) in [7, 11) is 11.8. The Kier molecular flexibility index (Phi) is 20.4. The lowest BCUT2D eigenvalue weighted by Crippen LogP contribution is -2.33. The number of esters is 2. The summed E-state index contributed by atoms with van der Waals surface area (Å²) in [5, 5.41) is 24.7. The van der Waals surface area contributed by atoms with E-state index in [0.717, 1.165) is 55.0 Å². The molecule has 0 saturated heterocycles. The summed E-state index contributed by atoms with van der Waals surface area (Å²) < 4.78 is 32.2. The highest BCUT2D eigenvalue weighted by Crippen LogP contribution is 2.42. The van der Waals surface area contributed by atoms with Crippen LogP contribution in [0.2, 0.25) is 0 Å². The summed E-state index contributed by atoms with van der Waals surface area (Å²) in [5.41, 5.74) is 4.45. The van der Waals surface area contributed by atoms with Gasteiger partial charge in [-0.05, 0) is 106 Å². The number of hydrogen-bond donors (Lipinski definition) is 1. The van der Waals surface area contributed by atoms with Gasteiger partial charge in [0.15, 0.2) is 23.0 Å². The van der Waals surface area contributed by atoms with Crippen molar-refractivity contribution in [3.8, 4) is 29.1 Å². The number of nitrogens with one attached hydrogen (secondary N) is 1. The first-order valence-electron chi connectivity index (χ1n) is 22.5. The van der Waals surface area contributed by atoms with E-state index in [9.17, 15) is 25.0 Å². The molecule has 0 spiro atoms. The lowest BCUT2D eigenvalue weighted by Gasteiger charge is -2.32. The van der Waals surface area contributed by atoms with Gasteiger partial charge in [-0.25, -0.2) is 9.59 Å². The van der Waals surface area contributed by atoms with Gasteiger partial charge in [-0.1, -0.05) is 68.4 Å². The van der Waals surface area contributed by atoms with Crippen LogP contribution >= 0.6 is 0 Å². The number of hydrogen-bond acceptors (Lipinski definition) is 14. The molecule has 0 radical (unpaired) electrons. The first kappa shape index (κ1) is 53.7. The Morgan fingerprint density at radius 2 is 1.37 bits per heavy atom. The van der Waals surface area contributed by atoms with Crippen LogP contribution in [0.25, 0.3) is 0 Å². The third kappa shape index (κ3) is 13.8. The van der Waals surface area contributed by atoms with Crippen LogP contribution in [0, 0.1) is 27.4 Å². The minimum atomic E-state index is -0.877. The highest BCUT2D eigenvalue weighted by Gasteiger charge is 2.39. The largest absolute Gasteiger partial charge is 0.493 e. The number of likely N-dealkylation sites (N-methyl/N-ethyl adjacent to an activating group) is 2. The monoisotopic (exact) mass is 933 g/mol. The van der Waals surface area contributed by atoms with Gasteiger partial charge in [0.2, 0.25) is 0 Å². The van der Waals surface area contributed by atoms with Crippen molar-refractivity contribution in [1.82, 2.24) is 15.1 Å². The van der Waals surface area contributed by atoms with E-state index < -0.39 is 28.2 Å². The number of ether oxygens (including phenoxy) is 6. The number of nitro benzene ring substituents is 1. The Balaban J connectivity index is 0.000000297. The molecule has 0 aromatic heterocycles. The quantitative estimate of drug-likeness (QED) is 0.0450. The Morgan fingerprint density at radius 1 is 0.750 bits per heavy atom. The lowest BCUT2D eigenvalue weighted by molar-refractivity contribution is -0.384. The number of nitrogens with zero attached hydrogens (tertiary/aromatic N) is 4. The van der Waals surface area contributed by atoms with Crippen LogP contribution in [0.3, 0.4) is 0 Å². The number of benzene rings is 4. The molecule has 1 aliphatic heterocycles. The molecule has 0 amide bonds. The van der Waals surface area contributed by atoms with E-state index in [0.29, 0.717) is 41.5 Å². The number of carbonyl (C=O) groups excluding carboxylic acids is 2. The predicted molar refractivity (Wildman–Crippen MR) is 262 cm³/mol. The van der Waals surface area contributed by atoms with Gasteiger partial charge in [-0.3, -0.25) is 15.0 Å². The van der Waals surface area contributed by atoms with Crippen molar-refractivity contribution in [3.05, 3.63) is 146 Å². The van der Waals surface area contributed by atoms with Crippen molar-refractivity contribution >= 4 is 17.6 Å². The number of nitro groups is 1. The van der Waals surface area contributed by atoms with Gasteiger partial charge in [0, 0.05) is 43.2 Å². The maximum atomic E-state index is 13.3. The van der Waals surface area contributed by atoms with Gasteiger partial charge in [-0.15, -0.1) is 0 Å². The van der Waals surface area contributed by atoms with Gasteiger partial charge in [0.1, 0.15) is 6.61 Å². The van der Waals surface area contributed by atoms with E-state index in [1.165, 1.54) is 30.9 Å². The van der Waals surface area contributed by atoms with Crippen LogP contribution in [0.4, 0.5) is 5.69 Å². The number of allylic oxidation sites excluding steroid dienone is 2. The molecule has 1 aliphatic rings. The fourth-order valence-electron chi connectivity index (χ4n) is 8.37. The van der Waals surface area contributed by atoms with Crippen molar-refractivity contribution in [2.75, 3.05) is 75.9 Å². The summed E-state index contributed by atoms with van der Waals surface area (Å²) in [6.45, 7) is 10.8. The third-order valence-electron chi connectivity index (χ3n) is 12.2. The Bertz CT molecular complexity index is 2450. The highest BCUT2D eigenvalue weighted by atomic mass is 16.6. The molecule has 2 atom stereocenters. The zero-order chi connectivity index (χ0) is 50.0. The van der Waals surface area contributed by atoms with Crippen molar-refractivity contribution in [1.29, 1.82) is 5.26 Å². The normalized spacial score (nSPS) is 14.3. The smallest absolute Gasteiger partial charge is 0.336 e. The molecule has 2 unspecified atom stereocenters. The topological polar surface area (TPSA) is 175 Å². The number of rotatable bonds is 22. The molecule has 0 aliphatic carbocycles. The average molecular weight is 934 g/mol. The van der Waals surface area contributed by atoms with E-state index in [-0.39, 0.29) is 29.4 Å². The molecule has 364 valence electrons. The summed E-state index contributed by atoms with van der Waals surface area (Å²) in [4.78, 5) is 41.2. The number of methoxy groups -OCH3 is 5. The summed E-state index contributed by atoms with van der Waals surface area (Å²) >= 11 is 0. The highest BCUT2D eigenvalue weighted by molar-refractivity contribution is 6.00. The Morgan fingerprint density at radius 3 is 1.96 bits per heavy atom. The van der Waals surface area contributed by atoms with E-state index in [2.05, 4.69) is 43.2 Å². The minimum absolute atomic E-state index is 0.136. The summed E-state index contributed by atoms with van der Waals surface area (Å²) in [5.74, 6) is 0.875. The first-order valence-corrected chi connectivity index (χ1v) is 22.5. The standard InChI is InChI=1S/C27H38N2O4.C26H29N3O6/c1-20(2)27(19-28,22-10-12-24(31-5)26(18-22)33-7)14-8-15-29(3)16-13-21-9-11-23(30-4)25(17-21)32-6;1-17-22(25(30)34-4)24(20-11-8-12-21(15-20)29(32)33)23(18(2)27-17)26(31)35-14-13-28(3)16-19-9-6-5-7-10-19/h9-12,17-18,20H,8,13-16H2,1-7H3;5-12,15,24,27H,13-14,16H2,1-4H3. The molecule has 1 heterocycles. The average Bonchev–Trinajstić information content (AvgIpc) is 3.34. The molecule has 1 N–H and O–H groups in total. The van der Waals surface area contributed by atoms with Crippen LogP contribution in [-0.4, -0.2) is 103 Å². The van der Waals surface area contributed by atoms with E-state index >= 15 is 0 Å². The molecule has 15 nitrogen and oxygen atoms in total. The van der Waals surface area contributed by atoms with Gasteiger partial charge in [-0.2, -0.15) is 5.26 Å². The van der Waals surface area contributed by atoms with Crippen molar-refractivity contribution < 1.29 is 42.9 Å². The van der Waals surface area contributed by atoms with Crippen LogP contribution in [-0.2, 0) is 37.4 Å². The zero-order valence-electron chi connectivity index (χ0n) is 41.3. The molecule has 5 rings (SSSR count). The second kappa shape index (κ2) is 25.9. The second-order valence-corrected chi connectivity index (χ2v) is 17.0. The van der Waals surface area contributed by atoms with Crippen molar-refractivity contribution in [2.24, 2.45) is 5.92 Å². The van der Waals surface area contributed by atoms with Crippen LogP contribution in [0.1, 0.15) is 68.7 Å². The molecule has 15 heteroatoms. The number of non-ortho nitro benzene ring substituents is 1. The molecular weight excluding hydrogens is 867 g/mol. The maximum Gasteiger partial charge on any atom is 0.336 e. The van der Waals surface area contributed by atoms with Crippen LogP contribution < -0.4 is 24.3 Å². The molecule has 4 aromatic carbocycles. The minimum Gasteiger partial charge on any atom is -0.493 e. The second-order valence-electron chi connectivity index (χ2n) is 17.0. The maximum absolute atomic E-state index is 13.3. The number of nitriles is 1. The molecule has 0 bridgehead atoms.